The van der Waals surface area contributed by atoms with Gasteiger partial charge in [-0.3, -0.25) is 30.2 Å². The molecule has 3 heterocycles. The Labute approximate surface area is 237 Å². The maximum atomic E-state index is 11.4. The van der Waals surface area contributed by atoms with Crippen molar-refractivity contribution in [3.63, 3.8) is 0 Å². The lowest BCUT2D eigenvalue weighted by molar-refractivity contribution is -0.385. The molecule has 0 atom stereocenters. The van der Waals surface area contributed by atoms with Crippen molar-refractivity contribution in [3.8, 4) is 28.7 Å². The van der Waals surface area contributed by atoms with E-state index in [-0.39, 0.29) is 22.9 Å². The number of nitrogens with zero attached hydrogens (tertiary/aromatic N) is 4. The third-order valence-corrected chi connectivity index (χ3v) is 6.41. The van der Waals surface area contributed by atoms with Gasteiger partial charge in [-0.1, -0.05) is 36.4 Å². The second-order valence-corrected chi connectivity index (χ2v) is 9.07. The molecule has 2 aromatic heterocycles. The monoisotopic (exact) mass is 560 g/mol. The highest BCUT2D eigenvalue weighted by Crippen LogP contribution is 2.39. The van der Waals surface area contributed by atoms with Crippen molar-refractivity contribution in [1.82, 2.24) is 9.97 Å². The van der Waals surface area contributed by atoms with Crippen LogP contribution in [0, 0.1) is 20.2 Å². The summed E-state index contributed by atoms with van der Waals surface area (Å²) in [6, 6.07) is 27.0. The van der Waals surface area contributed by atoms with E-state index in [2.05, 4.69) is 22.1 Å². The summed E-state index contributed by atoms with van der Waals surface area (Å²) in [5.41, 5.74) is 1.93. The molecule has 11 heteroatoms. The number of pyridine rings is 2. The third kappa shape index (κ3) is 5.21. The molecule has 1 aliphatic rings. The predicted molar refractivity (Wildman–Crippen MR) is 154 cm³/mol. The number of ether oxygens (including phenoxy) is 3. The quantitative estimate of drug-likeness (QED) is 0.113. The average Bonchev–Trinajstić information content (AvgIpc) is 3.34. The second kappa shape index (κ2) is 11.2. The highest BCUT2D eigenvalue weighted by molar-refractivity contribution is 6.06. The minimum absolute atomic E-state index is 0.0986. The number of rotatable bonds is 6. The summed E-state index contributed by atoms with van der Waals surface area (Å²) in [6.45, 7) is 0.766. The van der Waals surface area contributed by atoms with Crippen molar-refractivity contribution in [2.24, 2.45) is 0 Å². The summed E-state index contributed by atoms with van der Waals surface area (Å²) >= 11 is 0. The first-order valence-electron chi connectivity index (χ1n) is 12.7. The van der Waals surface area contributed by atoms with Crippen molar-refractivity contribution >= 4 is 33.2 Å². The molecule has 0 unspecified atom stereocenters. The van der Waals surface area contributed by atoms with Crippen LogP contribution < -0.4 is 14.2 Å². The second-order valence-electron chi connectivity index (χ2n) is 9.07. The maximum absolute atomic E-state index is 11.4. The van der Waals surface area contributed by atoms with E-state index < -0.39 is 9.85 Å². The smallest absolute Gasteiger partial charge is 0.311 e. The number of para-hydroxylation sites is 4. The van der Waals surface area contributed by atoms with Crippen molar-refractivity contribution in [2.75, 3.05) is 0 Å². The standard InChI is InChI=1S/C24H14N4O6.C7H6O/c29-27(30)17-5-1-3-7-21(17)33-19-11-13-25-23-15(19)9-10-16-20(12-14-26-24(16)23)34-22-8-4-2-6-18(22)28(31)32;1-2-6-4-7(3-1)8-5-6/h1-14H;1-4H,5H2. The zero-order valence-corrected chi connectivity index (χ0v) is 21.7. The predicted octanol–water partition coefficient (Wildman–Crippen LogP) is 7.76. The molecule has 0 saturated heterocycles. The molecule has 2 bridgehead atoms. The molecule has 0 amide bonds. The molecule has 0 N–H and O–H groups in total. The van der Waals surface area contributed by atoms with Crippen LogP contribution in [0.4, 0.5) is 11.4 Å². The Morgan fingerprint density at radius 2 is 1.14 bits per heavy atom. The molecule has 4 aromatic carbocycles. The lowest BCUT2D eigenvalue weighted by atomic mass is 10.1. The lowest BCUT2D eigenvalue weighted by Crippen LogP contribution is -1.96. The molecule has 0 fully saturated rings. The normalized spacial score (nSPS) is 11.3. The van der Waals surface area contributed by atoms with E-state index in [9.17, 15) is 20.2 Å². The van der Waals surface area contributed by atoms with Gasteiger partial charge in [-0.05, 0) is 54.1 Å². The summed E-state index contributed by atoms with van der Waals surface area (Å²) in [5.74, 6) is 1.94. The molecular weight excluding hydrogens is 540 g/mol. The molecule has 206 valence electrons. The number of hydrogen-bond donors (Lipinski definition) is 0. The number of fused-ring (bicyclic) bond motifs is 5. The highest BCUT2D eigenvalue weighted by atomic mass is 16.6. The van der Waals surface area contributed by atoms with Crippen LogP contribution in [0.25, 0.3) is 21.8 Å². The first-order valence-corrected chi connectivity index (χ1v) is 12.7. The molecule has 0 radical (unpaired) electrons. The van der Waals surface area contributed by atoms with Gasteiger partial charge in [0.15, 0.2) is 0 Å². The van der Waals surface area contributed by atoms with Gasteiger partial charge in [0.25, 0.3) is 0 Å². The van der Waals surface area contributed by atoms with Crippen LogP contribution >= 0.6 is 0 Å². The third-order valence-electron chi connectivity index (χ3n) is 6.41. The molecule has 6 aromatic rings. The number of hydrogen-bond acceptors (Lipinski definition) is 9. The van der Waals surface area contributed by atoms with Gasteiger partial charge in [0, 0.05) is 35.3 Å². The Balaban J connectivity index is 0.000000337. The summed E-state index contributed by atoms with van der Waals surface area (Å²) in [5, 5.41) is 23.9. The molecule has 7 rings (SSSR count). The van der Waals surface area contributed by atoms with Crippen LogP contribution in [0.3, 0.4) is 0 Å². The van der Waals surface area contributed by atoms with E-state index in [0.717, 1.165) is 12.4 Å². The van der Waals surface area contributed by atoms with E-state index in [1.165, 1.54) is 42.2 Å². The number of nitro groups is 2. The molecule has 0 aliphatic carbocycles. The Bertz CT molecular complexity index is 1840. The highest BCUT2D eigenvalue weighted by Gasteiger charge is 2.19. The topological polar surface area (TPSA) is 140 Å². The SMILES string of the molecule is O=[N+]([O-])c1ccccc1Oc1ccnc2c1ccc1c(Oc3ccccc3[N+](=O)[O-])ccnc12.c1cc2cc(c1)OC2. The van der Waals surface area contributed by atoms with Gasteiger partial charge in [-0.25, -0.2) is 0 Å². The largest absolute Gasteiger partial charge is 0.489 e. The molecule has 11 nitrogen and oxygen atoms in total. The fourth-order valence-corrected chi connectivity index (χ4v) is 4.47. The van der Waals surface area contributed by atoms with Crippen molar-refractivity contribution < 1.29 is 24.1 Å². The summed E-state index contributed by atoms with van der Waals surface area (Å²) in [7, 11) is 0. The summed E-state index contributed by atoms with van der Waals surface area (Å²) in [6.07, 6.45) is 3.03. The molecule has 1 aliphatic heterocycles. The van der Waals surface area contributed by atoms with Gasteiger partial charge in [-0.15, -0.1) is 0 Å². The summed E-state index contributed by atoms with van der Waals surface area (Å²) < 4.78 is 17.0. The first kappa shape index (κ1) is 26.1. The van der Waals surface area contributed by atoms with Gasteiger partial charge < -0.3 is 14.2 Å². The van der Waals surface area contributed by atoms with Crippen molar-refractivity contribution in [3.05, 3.63) is 135 Å². The van der Waals surface area contributed by atoms with Crippen LogP contribution in [-0.2, 0) is 6.61 Å². The van der Waals surface area contributed by atoms with E-state index >= 15 is 0 Å². The Kier molecular flexibility index (Phi) is 6.96. The van der Waals surface area contributed by atoms with Crippen LogP contribution in [0.1, 0.15) is 5.56 Å². The number of nitro benzene ring substituents is 2. The zero-order valence-electron chi connectivity index (χ0n) is 21.7. The average molecular weight is 561 g/mol. The van der Waals surface area contributed by atoms with Crippen LogP contribution in [0.5, 0.6) is 28.7 Å². The molecule has 0 spiro atoms. The van der Waals surface area contributed by atoms with Crippen LogP contribution in [0.2, 0.25) is 0 Å². The van der Waals surface area contributed by atoms with Crippen molar-refractivity contribution in [2.45, 2.75) is 6.61 Å². The first-order chi connectivity index (χ1) is 20.5. The van der Waals surface area contributed by atoms with Crippen LogP contribution in [-0.4, -0.2) is 19.8 Å². The molecular formula is C31H20N4O7. The Morgan fingerprint density at radius 1 is 0.619 bits per heavy atom. The van der Waals surface area contributed by atoms with Gasteiger partial charge in [0.05, 0.1) is 9.85 Å². The Hall–Kier alpha value is -6.10. The van der Waals surface area contributed by atoms with Crippen molar-refractivity contribution in [1.29, 1.82) is 0 Å². The number of benzene rings is 4. The van der Waals surface area contributed by atoms with Gasteiger partial charge in [0.2, 0.25) is 11.5 Å². The minimum Gasteiger partial charge on any atom is -0.489 e. The zero-order chi connectivity index (χ0) is 29.1. The minimum atomic E-state index is -0.512. The lowest BCUT2D eigenvalue weighted by Gasteiger charge is -2.12. The maximum Gasteiger partial charge on any atom is 0.311 e. The van der Waals surface area contributed by atoms with E-state index in [4.69, 9.17) is 14.2 Å². The van der Waals surface area contributed by atoms with E-state index in [1.54, 1.807) is 48.5 Å². The van der Waals surface area contributed by atoms with Gasteiger partial charge >= 0.3 is 11.4 Å². The molecule has 0 saturated carbocycles. The van der Waals surface area contributed by atoms with Gasteiger partial charge in [0.1, 0.15) is 34.9 Å². The Morgan fingerprint density at radius 3 is 1.62 bits per heavy atom. The summed E-state index contributed by atoms with van der Waals surface area (Å²) in [4.78, 5) is 30.5. The van der Waals surface area contributed by atoms with Gasteiger partial charge in [-0.2, -0.15) is 0 Å². The van der Waals surface area contributed by atoms with E-state index in [0.29, 0.717) is 33.3 Å². The van der Waals surface area contributed by atoms with Crippen LogP contribution in [0.15, 0.2) is 109 Å². The number of aromatic nitrogens is 2. The fraction of sp³-hybridized carbons (Fsp3) is 0.0323. The molecule has 42 heavy (non-hydrogen) atoms. The fourth-order valence-electron chi connectivity index (χ4n) is 4.47. The van der Waals surface area contributed by atoms with E-state index in [1.807, 2.05) is 12.1 Å².